The number of fused-ring (bicyclic) bond motifs is 2. The molecule has 3 N–H and O–H groups in total. The van der Waals surface area contributed by atoms with Crippen LogP contribution in [0.15, 0.2) is 35.3 Å². The van der Waals surface area contributed by atoms with Gasteiger partial charge in [0.05, 0.1) is 18.2 Å². The second-order valence-corrected chi connectivity index (χ2v) is 5.48. The molecule has 1 aromatic heterocycles. The lowest BCUT2D eigenvalue weighted by molar-refractivity contribution is -0.558. The van der Waals surface area contributed by atoms with Crippen LogP contribution in [0.5, 0.6) is 0 Å². The number of nitrogens with two attached hydrogens (primary N) is 1. The third-order valence-corrected chi connectivity index (χ3v) is 3.89. The number of carbonyl (C=O) groups is 1. The number of carboxylic acid groups (broad SMARTS) is 1. The van der Waals surface area contributed by atoms with Crippen LogP contribution in [0.3, 0.4) is 0 Å². The number of aromatic nitrogens is 1. The number of carbonyl (C=O) groups excluding carboxylic acids is 1. The highest BCUT2D eigenvalue weighted by Crippen LogP contribution is 2.13. The molecule has 6 nitrogen and oxygen atoms in total. The molecule has 4 rings (SSSR count). The Labute approximate surface area is 128 Å². The normalized spacial score (nSPS) is 17.3. The molecule has 116 valence electrons. The van der Waals surface area contributed by atoms with Crippen LogP contribution >= 0.6 is 0 Å². The predicted molar refractivity (Wildman–Crippen MR) is 82.5 cm³/mol. The number of benzene rings is 1. The molecule has 1 aromatic carbocycles. The van der Waals surface area contributed by atoms with Gasteiger partial charge in [-0.3, -0.25) is 5.32 Å². The van der Waals surface area contributed by atoms with E-state index in [1.165, 1.54) is 38.4 Å². The van der Waals surface area contributed by atoms with E-state index in [1.807, 2.05) is 24.3 Å². The maximum Gasteiger partial charge on any atom is 0.296 e. The number of guanidine groups is 1. The Morgan fingerprint density at radius 3 is 2.86 bits per heavy atom. The van der Waals surface area contributed by atoms with E-state index in [2.05, 4.69) is 20.2 Å². The molecule has 0 bridgehead atoms. The Kier molecular flexibility index (Phi) is 4.39. The number of carboxylic acids is 1. The zero-order chi connectivity index (χ0) is 15.4. The maximum absolute atomic E-state index is 10.4. The molecule has 6 heteroatoms. The first-order valence-electron chi connectivity index (χ1n) is 7.66. The van der Waals surface area contributed by atoms with E-state index < -0.39 is 5.97 Å². The Balaban J connectivity index is 0.000000133. The molecule has 0 saturated carbocycles. The summed E-state index contributed by atoms with van der Waals surface area (Å²) in [5, 5.41) is 13.6. The summed E-state index contributed by atoms with van der Waals surface area (Å²) < 4.78 is 0. The maximum atomic E-state index is 10.4. The largest absolute Gasteiger partial charge is 0.543 e. The number of H-pyrrole nitrogens is 1. The van der Waals surface area contributed by atoms with Gasteiger partial charge in [-0.05, 0) is 18.6 Å². The molecule has 0 aliphatic carbocycles. The lowest BCUT2D eigenvalue weighted by Crippen LogP contribution is -2.94. The van der Waals surface area contributed by atoms with E-state index in [4.69, 9.17) is 0 Å². The monoisotopic (exact) mass is 300 g/mol. The van der Waals surface area contributed by atoms with Gasteiger partial charge in [0.1, 0.15) is 0 Å². The van der Waals surface area contributed by atoms with Crippen molar-refractivity contribution in [3.63, 3.8) is 0 Å². The van der Waals surface area contributed by atoms with Gasteiger partial charge in [0, 0.05) is 37.0 Å². The second kappa shape index (κ2) is 6.62. The van der Waals surface area contributed by atoms with Gasteiger partial charge in [-0.1, -0.05) is 18.2 Å². The lowest BCUT2D eigenvalue weighted by atomic mass is 10.2. The third-order valence-electron chi connectivity index (χ3n) is 3.89. The molecule has 0 atom stereocenters. The van der Waals surface area contributed by atoms with E-state index >= 15 is 0 Å². The number of hydrogen-bond donors (Lipinski definition) is 2. The molecule has 1 saturated heterocycles. The van der Waals surface area contributed by atoms with Gasteiger partial charge in [-0.25, -0.2) is 4.99 Å². The molecule has 0 unspecified atom stereocenters. The van der Waals surface area contributed by atoms with Crippen LogP contribution in [-0.4, -0.2) is 48.0 Å². The highest BCUT2D eigenvalue weighted by atomic mass is 16.4. The third kappa shape index (κ3) is 3.28. The molecule has 0 spiro atoms. The zero-order valence-electron chi connectivity index (χ0n) is 12.4. The molecule has 0 amide bonds. The number of aromatic amines is 1. The molecular formula is C16H20N4O2. The van der Waals surface area contributed by atoms with Crippen LogP contribution in [-0.2, 0) is 0 Å². The first kappa shape index (κ1) is 14.6. The summed E-state index contributed by atoms with van der Waals surface area (Å²) in [7, 11) is 0. The van der Waals surface area contributed by atoms with Crippen molar-refractivity contribution in [3.8, 4) is 0 Å². The fourth-order valence-corrected chi connectivity index (χ4v) is 2.79. The number of quaternary nitrogens is 1. The second-order valence-electron chi connectivity index (χ2n) is 5.48. The van der Waals surface area contributed by atoms with Gasteiger partial charge >= 0.3 is 0 Å². The van der Waals surface area contributed by atoms with Gasteiger partial charge in [0.15, 0.2) is 0 Å². The average Bonchev–Trinajstić information content (AvgIpc) is 3.00. The number of nitrogens with zero attached hydrogens (tertiary/aromatic N) is 2. The summed E-state index contributed by atoms with van der Waals surface area (Å²) in [6.45, 7) is 4.74. The van der Waals surface area contributed by atoms with E-state index in [9.17, 15) is 9.90 Å². The molecule has 2 aromatic rings. The molecule has 1 fully saturated rings. The summed E-state index contributed by atoms with van der Waals surface area (Å²) in [6.07, 6.45) is 2.57. The molecule has 2 aliphatic rings. The molecular weight excluding hydrogens is 280 g/mol. The Bertz CT molecular complexity index is 659. The fraction of sp³-hybridized carbons (Fsp3) is 0.375. The van der Waals surface area contributed by atoms with Crippen molar-refractivity contribution >= 4 is 22.8 Å². The minimum absolute atomic E-state index is 0.121. The van der Waals surface area contributed by atoms with Crippen LogP contribution in [0, 0.1) is 0 Å². The van der Waals surface area contributed by atoms with Crippen molar-refractivity contribution in [1.29, 1.82) is 0 Å². The Morgan fingerprint density at radius 1 is 1.27 bits per heavy atom. The number of rotatable bonds is 1. The minimum atomic E-state index is -1.17. The van der Waals surface area contributed by atoms with E-state index in [-0.39, 0.29) is 5.69 Å². The van der Waals surface area contributed by atoms with Gasteiger partial charge < -0.3 is 19.8 Å². The fourth-order valence-electron chi connectivity index (χ4n) is 2.79. The molecule has 3 heterocycles. The van der Waals surface area contributed by atoms with Crippen molar-refractivity contribution in [2.24, 2.45) is 4.99 Å². The number of aliphatic imine (C=N–C) groups is 1. The first-order chi connectivity index (χ1) is 10.7. The number of hydrogen-bond acceptors (Lipinski definition) is 4. The lowest BCUT2D eigenvalue weighted by Gasteiger charge is -2.29. The quantitative estimate of drug-likeness (QED) is 0.747. The van der Waals surface area contributed by atoms with Gasteiger partial charge in [0.2, 0.25) is 0 Å². The van der Waals surface area contributed by atoms with Gasteiger partial charge in [0.25, 0.3) is 5.96 Å². The van der Waals surface area contributed by atoms with E-state index in [0.717, 1.165) is 17.4 Å². The SMILES string of the molecule is C1CN=C2[NH2+]CCCN2C1.O=C([O-])c1cc2ccccc2[nH]1. The van der Waals surface area contributed by atoms with Crippen molar-refractivity contribution in [2.75, 3.05) is 26.2 Å². The number of para-hydroxylation sites is 1. The predicted octanol–water partition coefficient (Wildman–Crippen LogP) is -0.453. The first-order valence-corrected chi connectivity index (χ1v) is 7.66. The van der Waals surface area contributed by atoms with Crippen LogP contribution < -0.4 is 10.4 Å². The summed E-state index contributed by atoms with van der Waals surface area (Å²) in [5.74, 6) is 0.0868. The van der Waals surface area contributed by atoms with Crippen molar-refractivity contribution in [2.45, 2.75) is 12.8 Å². The Hall–Kier alpha value is -2.34. The highest BCUT2D eigenvalue weighted by Gasteiger charge is 2.21. The van der Waals surface area contributed by atoms with E-state index in [0.29, 0.717) is 0 Å². The number of aromatic carboxylic acids is 1. The van der Waals surface area contributed by atoms with Crippen molar-refractivity contribution in [3.05, 3.63) is 36.0 Å². The summed E-state index contributed by atoms with van der Waals surface area (Å²) in [6, 6.07) is 8.93. The molecule has 22 heavy (non-hydrogen) atoms. The standard InChI is InChI=1S/C9H7NO2.C7H13N3/c11-9(12)8-5-6-3-1-2-4-7(6)10-8;1-3-8-7-9-4-2-6-10(7)5-1/h1-5,10H,(H,11,12);1-6H2,(H,8,9). The molecule has 2 aliphatic heterocycles. The highest BCUT2D eigenvalue weighted by molar-refractivity contribution is 5.92. The van der Waals surface area contributed by atoms with Crippen LogP contribution in [0.1, 0.15) is 23.3 Å². The summed E-state index contributed by atoms with van der Waals surface area (Å²) >= 11 is 0. The summed E-state index contributed by atoms with van der Waals surface area (Å²) in [4.78, 5) is 20.0. The minimum Gasteiger partial charge on any atom is -0.543 e. The average molecular weight is 300 g/mol. The van der Waals surface area contributed by atoms with Crippen LogP contribution in [0.2, 0.25) is 0 Å². The van der Waals surface area contributed by atoms with Crippen molar-refractivity contribution < 1.29 is 15.2 Å². The van der Waals surface area contributed by atoms with Gasteiger partial charge in [-0.15, -0.1) is 0 Å². The van der Waals surface area contributed by atoms with Gasteiger partial charge in [-0.2, -0.15) is 0 Å². The zero-order valence-corrected chi connectivity index (χ0v) is 12.4. The number of nitrogens with one attached hydrogen (secondary N) is 1. The van der Waals surface area contributed by atoms with Crippen LogP contribution in [0.25, 0.3) is 10.9 Å². The molecule has 0 radical (unpaired) electrons. The van der Waals surface area contributed by atoms with E-state index in [1.54, 1.807) is 6.07 Å². The Morgan fingerprint density at radius 2 is 2.09 bits per heavy atom. The topological polar surface area (TPSA) is 88.1 Å². The van der Waals surface area contributed by atoms with Crippen LogP contribution in [0.4, 0.5) is 0 Å². The van der Waals surface area contributed by atoms with Crippen molar-refractivity contribution in [1.82, 2.24) is 9.88 Å². The summed E-state index contributed by atoms with van der Waals surface area (Å²) in [5.41, 5.74) is 0.938. The smallest absolute Gasteiger partial charge is 0.296 e.